The van der Waals surface area contributed by atoms with Gasteiger partial charge < -0.3 is 47.4 Å². The van der Waals surface area contributed by atoms with Gasteiger partial charge in [-0.15, -0.1) is 0 Å². The highest BCUT2D eigenvalue weighted by Crippen LogP contribution is 2.43. The second kappa shape index (κ2) is 14.6. The van der Waals surface area contributed by atoms with E-state index in [9.17, 15) is 0 Å². The lowest BCUT2D eigenvalue weighted by Crippen LogP contribution is -2.48. The number of hydrogen-bond acceptors (Lipinski definition) is 10. The maximum absolute atomic E-state index is 6.90. The van der Waals surface area contributed by atoms with Crippen LogP contribution >= 0.6 is 0 Å². The molecule has 4 heterocycles. The molecule has 3 aromatic carbocycles. The molecule has 3 aromatic rings. The average molecular weight is 663 g/mol. The first kappa shape index (κ1) is 33.7. The van der Waals surface area contributed by atoms with Crippen molar-refractivity contribution in [2.75, 3.05) is 13.2 Å². The van der Waals surface area contributed by atoms with Crippen molar-refractivity contribution < 1.29 is 47.4 Å². The van der Waals surface area contributed by atoms with Crippen molar-refractivity contribution in [1.29, 1.82) is 0 Å². The van der Waals surface area contributed by atoms with Crippen LogP contribution in [0, 0.1) is 0 Å². The van der Waals surface area contributed by atoms with Gasteiger partial charge in [0.25, 0.3) is 0 Å². The summed E-state index contributed by atoms with van der Waals surface area (Å²) in [4.78, 5) is 0. The summed E-state index contributed by atoms with van der Waals surface area (Å²) in [5, 5.41) is 0. The van der Waals surface area contributed by atoms with E-state index in [4.69, 9.17) is 47.4 Å². The van der Waals surface area contributed by atoms with Crippen LogP contribution in [0.1, 0.15) is 44.4 Å². The maximum atomic E-state index is 6.90. The molecule has 48 heavy (non-hydrogen) atoms. The quantitative estimate of drug-likeness (QED) is 0.233. The van der Waals surface area contributed by atoms with Crippen LogP contribution in [0.4, 0.5) is 0 Å². The SMILES string of the molecule is CC1(C)OCC([C@H]2O[C@@H]3OC(C)(C)O[C@@H]3[C@@H]2O[C@H]2O[C@H](COCc3ccccc3)[C@@H](OCc3ccccc3)[C@H]2OCc2ccccc2)O1. The third-order valence-electron chi connectivity index (χ3n) is 8.95. The Kier molecular flexibility index (Phi) is 10.3. The predicted octanol–water partition coefficient (Wildman–Crippen LogP) is 5.51. The van der Waals surface area contributed by atoms with Gasteiger partial charge in [-0.05, 0) is 44.4 Å². The lowest BCUT2D eigenvalue weighted by molar-refractivity contribution is -0.264. The van der Waals surface area contributed by atoms with E-state index >= 15 is 0 Å². The summed E-state index contributed by atoms with van der Waals surface area (Å²) < 4.78 is 64.2. The molecule has 1 unspecified atom stereocenters. The summed E-state index contributed by atoms with van der Waals surface area (Å²) in [5.41, 5.74) is 3.14. The first-order chi connectivity index (χ1) is 23.2. The van der Waals surface area contributed by atoms with E-state index < -0.39 is 66.9 Å². The standard InChI is InChI=1S/C38H46O10/c1-37(2)42-24-29(46-37)31-32(34-36(44-31)48-38(3,4)47-34)45-35-33(41-22-27-18-12-7-13-19-27)30(40-21-26-16-10-6-11-17-26)28(43-35)23-39-20-25-14-8-5-9-15-25/h5-19,28-36H,20-24H2,1-4H3/t28-,29?,30-,31-,32-,33-,34-,35-,36-/m1/s1. The molecule has 0 N–H and O–H groups in total. The van der Waals surface area contributed by atoms with Crippen molar-refractivity contribution in [3.05, 3.63) is 108 Å². The second-order valence-electron chi connectivity index (χ2n) is 13.6. The van der Waals surface area contributed by atoms with Crippen LogP contribution in [0.3, 0.4) is 0 Å². The van der Waals surface area contributed by atoms with Gasteiger partial charge in [-0.3, -0.25) is 0 Å². The summed E-state index contributed by atoms with van der Waals surface area (Å²) in [6.07, 6.45) is -5.13. The first-order valence-electron chi connectivity index (χ1n) is 16.8. The van der Waals surface area contributed by atoms with Crippen LogP contribution in [0.25, 0.3) is 0 Å². The summed E-state index contributed by atoms with van der Waals surface area (Å²) in [5.74, 6) is -1.59. The number of ether oxygens (including phenoxy) is 10. The molecule has 0 aliphatic carbocycles. The molecule has 0 bridgehead atoms. The third kappa shape index (κ3) is 8.00. The molecule has 4 fully saturated rings. The number of rotatable bonds is 13. The zero-order valence-corrected chi connectivity index (χ0v) is 28.0. The fourth-order valence-electron chi connectivity index (χ4n) is 6.70. The molecule has 10 heteroatoms. The van der Waals surface area contributed by atoms with Gasteiger partial charge in [0, 0.05) is 0 Å². The van der Waals surface area contributed by atoms with Crippen molar-refractivity contribution in [3.63, 3.8) is 0 Å². The lowest BCUT2D eigenvalue weighted by Gasteiger charge is -2.32. The molecular formula is C38H46O10. The molecule has 4 aliphatic heterocycles. The van der Waals surface area contributed by atoms with Crippen LogP contribution in [-0.4, -0.2) is 80.1 Å². The Morgan fingerprint density at radius 2 is 1.19 bits per heavy atom. The molecule has 10 nitrogen and oxygen atoms in total. The molecule has 0 radical (unpaired) electrons. The van der Waals surface area contributed by atoms with Gasteiger partial charge >= 0.3 is 0 Å². The normalized spacial score (nSPS) is 33.6. The molecule has 4 saturated heterocycles. The molecule has 0 aromatic heterocycles. The molecule has 258 valence electrons. The fourth-order valence-corrected chi connectivity index (χ4v) is 6.70. The number of fused-ring (bicyclic) bond motifs is 1. The van der Waals surface area contributed by atoms with Gasteiger partial charge in [-0.25, -0.2) is 0 Å². The van der Waals surface area contributed by atoms with Crippen molar-refractivity contribution >= 4 is 0 Å². The van der Waals surface area contributed by atoms with E-state index in [-0.39, 0.29) is 6.61 Å². The van der Waals surface area contributed by atoms with Crippen molar-refractivity contribution in [3.8, 4) is 0 Å². The van der Waals surface area contributed by atoms with Gasteiger partial charge in [-0.2, -0.15) is 0 Å². The average Bonchev–Trinajstić information content (AvgIpc) is 3.79. The highest BCUT2D eigenvalue weighted by atomic mass is 16.9. The first-order valence-corrected chi connectivity index (χ1v) is 16.8. The zero-order valence-electron chi connectivity index (χ0n) is 28.0. The van der Waals surface area contributed by atoms with Gasteiger partial charge in [0.05, 0.1) is 33.0 Å². The van der Waals surface area contributed by atoms with Gasteiger partial charge in [-0.1, -0.05) is 91.0 Å². The smallest absolute Gasteiger partial charge is 0.190 e. The van der Waals surface area contributed by atoms with E-state index in [1.807, 2.05) is 119 Å². The number of benzene rings is 3. The summed E-state index contributed by atoms with van der Waals surface area (Å²) >= 11 is 0. The topological polar surface area (TPSA) is 92.3 Å². The Morgan fingerprint density at radius 1 is 0.604 bits per heavy atom. The second-order valence-corrected chi connectivity index (χ2v) is 13.6. The molecule has 0 amide bonds. The third-order valence-corrected chi connectivity index (χ3v) is 8.95. The van der Waals surface area contributed by atoms with E-state index in [0.717, 1.165) is 16.7 Å². The van der Waals surface area contributed by atoms with E-state index in [1.54, 1.807) is 0 Å². The molecule has 0 spiro atoms. The highest BCUT2D eigenvalue weighted by molar-refractivity contribution is 5.15. The summed E-state index contributed by atoms with van der Waals surface area (Å²) in [7, 11) is 0. The van der Waals surface area contributed by atoms with Crippen LogP contribution in [0.15, 0.2) is 91.0 Å². The zero-order chi connectivity index (χ0) is 33.1. The molecular weight excluding hydrogens is 616 g/mol. The van der Waals surface area contributed by atoms with Crippen LogP contribution in [0.2, 0.25) is 0 Å². The summed E-state index contributed by atoms with van der Waals surface area (Å²) in [6.45, 7) is 9.27. The van der Waals surface area contributed by atoms with Crippen molar-refractivity contribution in [2.45, 2.75) is 114 Å². The molecule has 9 atom stereocenters. The Labute approximate surface area is 282 Å². The van der Waals surface area contributed by atoms with Crippen LogP contribution in [-0.2, 0) is 67.2 Å². The Bertz CT molecular complexity index is 1440. The van der Waals surface area contributed by atoms with E-state index in [0.29, 0.717) is 26.4 Å². The highest BCUT2D eigenvalue weighted by Gasteiger charge is 2.61. The van der Waals surface area contributed by atoms with Gasteiger partial charge in [0.15, 0.2) is 24.2 Å². The Balaban J connectivity index is 1.15. The van der Waals surface area contributed by atoms with Gasteiger partial charge in [0.1, 0.15) is 42.7 Å². The molecule has 7 rings (SSSR count). The minimum atomic E-state index is -0.844. The minimum absolute atomic E-state index is 0.274. The van der Waals surface area contributed by atoms with Crippen molar-refractivity contribution in [1.82, 2.24) is 0 Å². The van der Waals surface area contributed by atoms with Crippen molar-refractivity contribution in [2.24, 2.45) is 0 Å². The lowest BCUT2D eigenvalue weighted by atomic mass is 10.1. The van der Waals surface area contributed by atoms with E-state index in [1.165, 1.54) is 0 Å². The predicted molar refractivity (Wildman–Crippen MR) is 173 cm³/mol. The van der Waals surface area contributed by atoms with Gasteiger partial charge in [0.2, 0.25) is 0 Å². The monoisotopic (exact) mass is 662 g/mol. The van der Waals surface area contributed by atoms with E-state index in [2.05, 4.69) is 0 Å². The molecule has 4 aliphatic rings. The van der Waals surface area contributed by atoms with Crippen LogP contribution in [0.5, 0.6) is 0 Å². The maximum Gasteiger partial charge on any atom is 0.190 e. The Morgan fingerprint density at radius 3 is 1.77 bits per heavy atom. The Hall–Kier alpha value is -2.74. The largest absolute Gasteiger partial charge is 0.374 e. The minimum Gasteiger partial charge on any atom is -0.374 e. The number of hydrogen-bond donors (Lipinski definition) is 0. The fraction of sp³-hybridized carbons (Fsp3) is 0.526. The summed E-state index contributed by atoms with van der Waals surface area (Å²) in [6, 6.07) is 30.1. The van der Waals surface area contributed by atoms with Crippen LogP contribution < -0.4 is 0 Å². The molecule has 0 saturated carbocycles.